The van der Waals surface area contributed by atoms with Gasteiger partial charge in [-0.3, -0.25) is 0 Å². The Kier molecular flexibility index (Phi) is 3.15. The van der Waals surface area contributed by atoms with E-state index >= 15 is 0 Å². The van der Waals surface area contributed by atoms with Crippen LogP contribution in [0.25, 0.3) is 10.8 Å². The third-order valence-corrected chi connectivity index (χ3v) is 2.63. The van der Waals surface area contributed by atoms with Gasteiger partial charge in [0, 0.05) is 25.2 Å². The molecular formula is C13H16N2O2. The van der Waals surface area contributed by atoms with Crippen LogP contribution in [0.4, 0.5) is 5.82 Å². The van der Waals surface area contributed by atoms with Crippen molar-refractivity contribution >= 4 is 16.6 Å². The van der Waals surface area contributed by atoms with Gasteiger partial charge in [-0.05, 0) is 30.5 Å². The van der Waals surface area contributed by atoms with Crippen LogP contribution in [0.15, 0.2) is 30.5 Å². The first-order valence-corrected chi connectivity index (χ1v) is 5.55. The van der Waals surface area contributed by atoms with E-state index in [-0.39, 0.29) is 5.75 Å². The molecule has 2 aromatic rings. The van der Waals surface area contributed by atoms with Crippen molar-refractivity contribution in [1.29, 1.82) is 0 Å². The first kappa shape index (κ1) is 11.7. The number of hydrogen-bond acceptors (Lipinski definition) is 4. The molecule has 90 valence electrons. The molecule has 0 aliphatic carbocycles. The minimum Gasteiger partial charge on any atom is -0.508 e. The lowest BCUT2D eigenvalue weighted by molar-refractivity contribution is 0.201. The van der Waals surface area contributed by atoms with Gasteiger partial charge in [-0.2, -0.15) is 0 Å². The number of aromatic hydroxyl groups is 1. The Morgan fingerprint density at radius 3 is 2.82 bits per heavy atom. The van der Waals surface area contributed by atoms with Crippen LogP contribution in [0.1, 0.15) is 6.92 Å². The molecule has 0 saturated heterocycles. The molecule has 1 aromatic heterocycles. The molecule has 0 radical (unpaired) electrons. The Hall–Kier alpha value is -1.81. The number of likely N-dealkylation sites (N-methyl/N-ethyl adjacent to an activating group) is 1. The fourth-order valence-corrected chi connectivity index (χ4v) is 1.93. The summed E-state index contributed by atoms with van der Waals surface area (Å²) in [5.74, 6) is 0.983. The normalized spacial score (nSPS) is 12.6. The van der Waals surface area contributed by atoms with E-state index in [0.717, 1.165) is 16.6 Å². The molecule has 4 nitrogen and oxygen atoms in total. The van der Waals surface area contributed by atoms with Crippen LogP contribution >= 0.6 is 0 Å². The van der Waals surface area contributed by atoms with Crippen molar-refractivity contribution in [2.45, 2.75) is 13.0 Å². The molecule has 2 N–H and O–H groups in total. The van der Waals surface area contributed by atoms with Crippen molar-refractivity contribution in [1.82, 2.24) is 4.98 Å². The second kappa shape index (κ2) is 4.59. The van der Waals surface area contributed by atoms with Gasteiger partial charge in [-0.25, -0.2) is 4.98 Å². The highest BCUT2D eigenvalue weighted by molar-refractivity contribution is 5.93. The van der Waals surface area contributed by atoms with Gasteiger partial charge in [-0.15, -0.1) is 0 Å². The monoisotopic (exact) mass is 232 g/mol. The highest BCUT2D eigenvalue weighted by Crippen LogP contribution is 2.27. The number of phenolic OH excluding ortho intramolecular Hbond substituents is 1. The molecule has 4 heteroatoms. The number of aliphatic hydroxyl groups is 1. The Morgan fingerprint density at radius 1 is 1.35 bits per heavy atom. The van der Waals surface area contributed by atoms with Crippen LogP contribution in [0, 0.1) is 0 Å². The number of nitrogens with zero attached hydrogens (tertiary/aromatic N) is 2. The van der Waals surface area contributed by atoms with E-state index in [0.29, 0.717) is 6.54 Å². The molecule has 0 saturated carbocycles. The fourth-order valence-electron chi connectivity index (χ4n) is 1.93. The van der Waals surface area contributed by atoms with Gasteiger partial charge in [0.25, 0.3) is 0 Å². The summed E-state index contributed by atoms with van der Waals surface area (Å²) in [6.45, 7) is 2.24. The summed E-state index contributed by atoms with van der Waals surface area (Å²) in [5, 5.41) is 20.8. The summed E-state index contributed by atoms with van der Waals surface area (Å²) in [6.07, 6.45) is 1.31. The third-order valence-electron chi connectivity index (χ3n) is 2.63. The van der Waals surface area contributed by atoms with E-state index in [1.165, 1.54) is 0 Å². The Balaban J connectivity index is 2.49. The zero-order valence-electron chi connectivity index (χ0n) is 9.96. The lowest BCUT2D eigenvalue weighted by atomic mass is 10.1. The predicted molar refractivity (Wildman–Crippen MR) is 68.4 cm³/mol. The molecule has 0 bridgehead atoms. The highest BCUT2D eigenvalue weighted by Gasteiger charge is 2.10. The molecule has 17 heavy (non-hydrogen) atoms. The third kappa shape index (κ3) is 2.47. The maximum Gasteiger partial charge on any atom is 0.136 e. The highest BCUT2D eigenvalue weighted by atomic mass is 16.3. The van der Waals surface area contributed by atoms with Crippen LogP contribution in [0.5, 0.6) is 5.75 Å². The number of aromatic nitrogens is 1. The lowest BCUT2D eigenvalue weighted by Gasteiger charge is -2.21. The van der Waals surface area contributed by atoms with Gasteiger partial charge < -0.3 is 15.1 Å². The van der Waals surface area contributed by atoms with E-state index in [4.69, 9.17) is 0 Å². The molecule has 0 fully saturated rings. The zero-order valence-corrected chi connectivity index (χ0v) is 9.96. The first-order chi connectivity index (χ1) is 8.08. The SMILES string of the molecule is CC(O)CN(C)c1nccc2ccc(O)cc12. The number of rotatable bonds is 3. The van der Waals surface area contributed by atoms with Crippen LogP contribution < -0.4 is 4.90 Å². The number of aliphatic hydroxyl groups excluding tert-OH is 1. The van der Waals surface area contributed by atoms with Gasteiger partial charge in [0.05, 0.1) is 6.10 Å². The smallest absolute Gasteiger partial charge is 0.136 e. The topological polar surface area (TPSA) is 56.6 Å². The minimum atomic E-state index is -0.422. The number of fused-ring (bicyclic) bond motifs is 1. The van der Waals surface area contributed by atoms with Crippen molar-refractivity contribution < 1.29 is 10.2 Å². The van der Waals surface area contributed by atoms with Gasteiger partial charge in [-0.1, -0.05) is 6.07 Å². The molecule has 1 aromatic carbocycles. The second-order valence-electron chi connectivity index (χ2n) is 4.27. The summed E-state index contributed by atoms with van der Waals surface area (Å²) in [7, 11) is 1.87. The van der Waals surface area contributed by atoms with Crippen molar-refractivity contribution in [2.24, 2.45) is 0 Å². The summed E-state index contributed by atoms with van der Waals surface area (Å²) in [6, 6.07) is 7.09. The summed E-state index contributed by atoms with van der Waals surface area (Å²) < 4.78 is 0. The van der Waals surface area contributed by atoms with E-state index in [1.807, 2.05) is 24.1 Å². The quantitative estimate of drug-likeness (QED) is 0.846. The molecule has 1 unspecified atom stereocenters. The molecular weight excluding hydrogens is 216 g/mol. The van der Waals surface area contributed by atoms with Crippen molar-refractivity contribution in [3.05, 3.63) is 30.5 Å². The van der Waals surface area contributed by atoms with Gasteiger partial charge in [0.2, 0.25) is 0 Å². The maximum absolute atomic E-state index is 9.52. The van der Waals surface area contributed by atoms with Gasteiger partial charge >= 0.3 is 0 Å². The minimum absolute atomic E-state index is 0.220. The molecule has 0 aliphatic heterocycles. The number of phenols is 1. The van der Waals surface area contributed by atoms with E-state index in [9.17, 15) is 10.2 Å². The fraction of sp³-hybridized carbons (Fsp3) is 0.308. The molecule has 2 rings (SSSR count). The number of pyridine rings is 1. The lowest BCUT2D eigenvalue weighted by Crippen LogP contribution is -2.27. The average Bonchev–Trinajstić information content (AvgIpc) is 2.27. The van der Waals surface area contributed by atoms with Gasteiger partial charge in [0.15, 0.2) is 0 Å². The molecule has 1 heterocycles. The standard InChI is InChI=1S/C13H16N2O2/c1-9(16)8-15(2)13-12-7-11(17)4-3-10(12)5-6-14-13/h3-7,9,16-17H,8H2,1-2H3. The Bertz CT molecular complexity index is 526. The number of anilines is 1. The number of benzene rings is 1. The number of hydrogen-bond donors (Lipinski definition) is 2. The first-order valence-electron chi connectivity index (χ1n) is 5.55. The Morgan fingerprint density at radius 2 is 2.12 bits per heavy atom. The van der Waals surface area contributed by atoms with E-state index in [2.05, 4.69) is 4.98 Å². The second-order valence-corrected chi connectivity index (χ2v) is 4.27. The van der Waals surface area contributed by atoms with E-state index < -0.39 is 6.10 Å². The summed E-state index contributed by atoms with van der Waals surface area (Å²) in [4.78, 5) is 6.19. The molecule has 0 spiro atoms. The van der Waals surface area contributed by atoms with Crippen LogP contribution in [0.3, 0.4) is 0 Å². The predicted octanol–water partition coefficient (Wildman–Crippen LogP) is 1.76. The van der Waals surface area contributed by atoms with Gasteiger partial charge in [0.1, 0.15) is 11.6 Å². The van der Waals surface area contributed by atoms with Crippen LogP contribution in [-0.2, 0) is 0 Å². The van der Waals surface area contributed by atoms with Crippen molar-refractivity contribution in [3.8, 4) is 5.75 Å². The van der Waals surface area contributed by atoms with Crippen LogP contribution in [0.2, 0.25) is 0 Å². The average molecular weight is 232 g/mol. The largest absolute Gasteiger partial charge is 0.508 e. The zero-order chi connectivity index (χ0) is 12.4. The summed E-state index contributed by atoms with van der Waals surface area (Å²) in [5.41, 5.74) is 0. The van der Waals surface area contributed by atoms with Crippen molar-refractivity contribution in [2.75, 3.05) is 18.5 Å². The van der Waals surface area contributed by atoms with Crippen LogP contribution in [-0.4, -0.2) is 34.9 Å². The molecule has 1 atom stereocenters. The molecule has 0 aliphatic rings. The Labute approximate surface area is 100 Å². The van der Waals surface area contributed by atoms with E-state index in [1.54, 1.807) is 25.3 Å². The maximum atomic E-state index is 9.52. The summed E-state index contributed by atoms with van der Waals surface area (Å²) >= 11 is 0. The van der Waals surface area contributed by atoms with Crippen molar-refractivity contribution in [3.63, 3.8) is 0 Å². The molecule has 0 amide bonds.